The maximum absolute atomic E-state index is 13.3. The molecule has 9 nitrogen and oxygen atoms in total. The number of aromatic nitrogens is 2. The fourth-order valence-electron chi connectivity index (χ4n) is 2.36. The van der Waals surface area contributed by atoms with Crippen LogP contribution in [-0.4, -0.2) is 33.1 Å². The summed E-state index contributed by atoms with van der Waals surface area (Å²) in [5.41, 5.74) is -0.107. The first-order valence-corrected chi connectivity index (χ1v) is 7.75. The molecule has 1 heterocycles. The lowest BCUT2D eigenvalue weighted by Gasteiger charge is -2.13. The number of nitrogens with zero attached hydrogens (tertiary/aromatic N) is 2. The van der Waals surface area contributed by atoms with Crippen molar-refractivity contribution in [1.29, 1.82) is 0 Å². The number of H-pyrrole nitrogens is 1. The molecule has 2 aromatic carbocycles. The van der Waals surface area contributed by atoms with Crippen molar-refractivity contribution in [1.82, 2.24) is 10.2 Å². The van der Waals surface area contributed by atoms with Crippen LogP contribution >= 0.6 is 0 Å². The largest absolute Gasteiger partial charge is 0.448 e. The number of para-hydroxylation sites is 1. The number of carbonyl (C=O) groups is 2. The van der Waals surface area contributed by atoms with Crippen LogP contribution < -0.4 is 5.32 Å². The standard InChI is InChI=1S/C17H13FN4O5/c1-9(16(23)19-10-6-7-12(18)14(8-10)22(25)26)27-17(24)15-11-4-2-3-5-13(11)20-21-15/h2-9H,1H3,(H,19,23)(H,20,21). The van der Waals surface area contributed by atoms with Crippen molar-refractivity contribution < 1.29 is 23.6 Å². The Morgan fingerprint density at radius 3 is 2.78 bits per heavy atom. The first-order chi connectivity index (χ1) is 12.9. The van der Waals surface area contributed by atoms with Crippen molar-refractivity contribution in [3.05, 3.63) is 64.1 Å². The van der Waals surface area contributed by atoms with Gasteiger partial charge in [-0.05, 0) is 25.1 Å². The van der Waals surface area contributed by atoms with E-state index in [2.05, 4.69) is 15.5 Å². The van der Waals surface area contributed by atoms with E-state index in [1.807, 2.05) is 0 Å². The van der Waals surface area contributed by atoms with Crippen molar-refractivity contribution in [2.24, 2.45) is 0 Å². The molecule has 27 heavy (non-hydrogen) atoms. The number of nitro groups is 1. The number of benzene rings is 2. The van der Waals surface area contributed by atoms with Gasteiger partial charge in [0.25, 0.3) is 5.91 Å². The Balaban J connectivity index is 1.70. The molecule has 0 radical (unpaired) electrons. The molecule has 3 rings (SSSR count). The number of anilines is 1. The molecule has 2 N–H and O–H groups in total. The third-order valence-electron chi connectivity index (χ3n) is 3.73. The second-order valence-electron chi connectivity index (χ2n) is 5.58. The van der Waals surface area contributed by atoms with Crippen LogP contribution in [0.1, 0.15) is 17.4 Å². The van der Waals surface area contributed by atoms with Crippen LogP contribution in [0.5, 0.6) is 0 Å². The number of ether oxygens (including phenoxy) is 1. The van der Waals surface area contributed by atoms with E-state index in [0.29, 0.717) is 10.9 Å². The molecule has 0 spiro atoms. The summed E-state index contributed by atoms with van der Waals surface area (Å²) in [7, 11) is 0. The molecule has 0 aliphatic rings. The maximum atomic E-state index is 13.3. The Labute approximate surface area is 151 Å². The number of halogens is 1. The molecule has 1 aromatic heterocycles. The van der Waals surface area contributed by atoms with E-state index in [4.69, 9.17) is 4.74 Å². The summed E-state index contributed by atoms with van der Waals surface area (Å²) in [5.74, 6) is -2.56. The van der Waals surface area contributed by atoms with E-state index in [-0.39, 0.29) is 11.4 Å². The summed E-state index contributed by atoms with van der Waals surface area (Å²) in [6.45, 7) is 1.33. The van der Waals surface area contributed by atoms with E-state index in [0.717, 1.165) is 18.2 Å². The molecule has 0 saturated heterocycles. The minimum atomic E-state index is -1.21. The first-order valence-electron chi connectivity index (χ1n) is 7.75. The van der Waals surface area contributed by atoms with Crippen molar-refractivity contribution >= 4 is 34.2 Å². The van der Waals surface area contributed by atoms with Gasteiger partial charge < -0.3 is 10.1 Å². The summed E-state index contributed by atoms with van der Waals surface area (Å²) >= 11 is 0. The van der Waals surface area contributed by atoms with Gasteiger partial charge in [-0.25, -0.2) is 4.79 Å². The average Bonchev–Trinajstić information content (AvgIpc) is 3.07. The molecule has 3 aromatic rings. The van der Waals surface area contributed by atoms with E-state index >= 15 is 0 Å². The number of rotatable bonds is 5. The van der Waals surface area contributed by atoms with Crippen LogP contribution in [0.3, 0.4) is 0 Å². The van der Waals surface area contributed by atoms with Gasteiger partial charge in [0.05, 0.1) is 10.4 Å². The number of amides is 1. The molecule has 10 heteroatoms. The highest BCUT2D eigenvalue weighted by molar-refractivity contribution is 6.03. The predicted molar refractivity (Wildman–Crippen MR) is 92.7 cm³/mol. The minimum Gasteiger partial charge on any atom is -0.448 e. The molecule has 138 valence electrons. The summed E-state index contributed by atoms with van der Waals surface area (Å²) in [5, 5.41) is 20.2. The van der Waals surface area contributed by atoms with Gasteiger partial charge in [0.1, 0.15) is 0 Å². The van der Waals surface area contributed by atoms with Crippen LogP contribution in [0, 0.1) is 15.9 Å². The molecule has 1 atom stereocenters. The average molecular weight is 372 g/mol. The highest BCUT2D eigenvalue weighted by Crippen LogP contribution is 2.22. The van der Waals surface area contributed by atoms with Crippen molar-refractivity contribution in [3.63, 3.8) is 0 Å². The van der Waals surface area contributed by atoms with Gasteiger partial charge in [-0.2, -0.15) is 9.49 Å². The van der Waals surface area contributed by atoms with E-state index in [1.54, 1.807) is 24.3 Å². The topological polar surface area (TPSA) is 127 Å². The zero-order valence-corrected chi connectivity index (χ0v) is 13.9. The Bertz CT molecular complexity index is 1050. The van der Waals surface area contributed by atoms with E-state index in [1.165, 1.54) is 6.92 Å². The van der Waals surface area contributed by atoms with Gasteiger partial charge in [-0.15, -0.1) is 0 Å². The number of esters is 1. The van der Waals surface area contributed by atoms with Gasteiger partial charge in [0.2, 0.25) is 5.82 Å². The van der Waals surface area contributed by atoms with Crippen molar-refractivity contribution in [2.45, 2.75) is 13.0 Å². The summed E-state index contributed by atoms with van der Waals surface area (Å²) < 4.78 is 18.4. The first kappa shape index (κ1) is 18.0. The lowest BCUT2D eigenvalue weighted by Crippen LogP contribution is -2.30. The maximum Gasteiger partial charge on any atom is 0.360 e. The van der Waals surface area contributed by atoms with Gasteiger partial charge in [0.15, 0.2) is 11.8 Å². The number of nitro benzene ring substituents is 1. The molecule has 0 saturated carbocycles. The second-order valence-corrected chi connectivity index (χ2v) is 5.58. The summed E-state index contributed by atoms with van der Waals surface area (Å²) in [4.78, 5) is 34.3. The van der Waals surface area contributed by atoms with Crippen LogP contribution in [0.15, 0.2) is 42.5 Å². The van der Waals surface area contributed by atoms with Gasteiger partial charge in [0, 0.05) is 17.1 Å². The Morgan fingerprint density at radius 2 is 2.04 bits per heavy atom. The second kappa shape index (κ2) is 7.20. The highest BCUT2D eigenvalue weighted by atomic mass is 19.1. The van der Waals surface area contributed by atoms with Gasteiger partial charge in [-0.1, -0.05) is 18.2 Å². The molecule has 0 bridgehead atoms. The molecule has 0 aliphatic carbocycles. The Kier molecular flexibility index (Phi) is 4.79. The number of hydrogen-bond acceptors (Lipinski definition) is 6. The highest BCUT2D eigenvalue weighted by Gasteiger charge is 2.23. The number of carbonyl (C=O) groups excluding carboxylic acids is 2. The zero-order chi connectivity index (χ0) is 19.6. The summed E-state index contributed by atoms with van der Waals surface area (Å²) in [6, 6.07) is 9.81. The molecule has 1 amide bonds. The number of fused-ring (bicyclic) bond motifs is 1. The van der Waals surface area contributed by atoms with Crippen molar-refractivity contribution in [2.75, 3.05) is 5.32 Å². The molecular weight excluding hydrogens is 359 g/mol. The molecule has 1 unspecified atom stereocenters. The smallest absolute Gasteiger partial charge is 0.360 e. The SMILES string of the molecule is CC(OC(=O)c1n[nH]c2ccccc12)C(=O)Nc1ccc(F)c([N+](=O)[O-])c1. The summed E-state index contributed by atoms with van der Waals surface area (Å²) in [6.07, 6.45) is -1.21. The predicted octanol–water partition coefficient (Wildman–Crippen LogP) is 2.79. The fourth-order valence-corrected chi connectivity index (χ4v) is 2.36. The molecule has 0 fully saturated rings. The number of aromatic amines is 1. The van der Waals surface area contributed by atoms with Crippen LogP contribution in [0.25, 0.3) is 10.9 Å². The lowest BCUT2D eigenvalue weighted by molar-refractivity contribution is -0.387. The normalized spacial score (nSPS) is 11.8. The third kappa shape index (κ3) is 3.73. The van der Waals surface area contributed by atoms with E-state index in [9.17, 15) is 24.1 Å². The van der Waals surface area contributed by atoms with Gasteiger partial charge >= 0.3 is 11.7 Å². The Hall–Kier alpha value is -3.82. The molecule has 0 aliphatic heterocycles. The number of nitrogens with one attached hydrogen (secondary N) is 2. The monoisotopic (exact) mass is 372 g/mol. The fraction of sp³-hybridized carbons (Fsp3) is 0.118. The van der Waals surface area contributed by atoms with E-state index < -0.39 is 34.4 Å². The number of hydrogen-bond donors (Lipinski definition) is 2. The minimum absolute atomic E-state index is 0.00113. The lowest BCUT2D eigenvalue weighted by atomic mass is 10.2. The Morgan fingerprint density at radius 1 is 1.30 bits per heavy atom. The van der Waals surface area contributed by atoms with Crippen LogP contribution in [0.2, 0.25) is 0 Å². The molecular formula is C17H13FN4O5. The third-order valence-corrected chi connectivity index (χ3v) is 3.73. The van der Waals surface area contributed by atoms with Crippen LogP contribution in [-0.2, 0) is 9.53 Å². The quantitative estimate of drug-likeness (QED) is 0.403. The van der Waals surface area contributed by atoms with Crippen LogP contribution in [0.4, 0.5) is 15.8 Å². The zero-order valence-electron chi connectivity index (χ0n) is 13.9. The van der Waals surface area contributed by atoms with Gasteiger partial charge in [-0.3, -0.25) is 20.0 Å². The van der Waals surface area contributed by atoms with Crippen molar-refractivity contribution in [3.8, 4) is 0 Å².